The van der Waals surface area contributed by atoms with Crippen LogP contribution in [0.15, 0.2) is 41.0 Å². The van der Waals surface area contributed by atoms with Crippen LogP contribution in [0.2, 0.25) is 10.0 Å². The van der Waals surface area contributed by atoms with E-state index < -0.39 is 17.5 Å². The van der Waals surface area contributed by atoms with Crippen molar-refractivity contribution in [3.8, 4) is 0 Å². The van der Waals surface area contributed by atoms with Crippen molar-refractivity contribution in [2.75, 3.05) is 0 Å². The molecule has 2 aromatic rings. The van der Waals surface area contributed by atoms with Gasteiger partial charge >= 0.3 is 6.03 Å². The zero-order valence-corrected chi connectivity index (χ0v) is 13.1. The lowest BCUT2D eigenvalue weighted by Crippen LogP contribution is -2.40. The first-order chi connectivity index (χ1) is 10.4. The number of furan rings is 1. The quantitative estimate of drug-likeness (QED) is 0.870. The highest BCUT2D eigenvalue weighted by atomic mass is 35.5. The fourth-order valence-electron chi connectivity index (χ4n) is 2.41. The summed E-state index contributed by atoms with van der Waals surface area (Å²) >= 11 is 12.2. The summed E-state index contributed by atoms with van der Waals surface area (Å²) in [7, 11) is 0. The Labute approximate surface area is 136 Å². The van der Waals surface area contributed by atoms with Crippen molar-refractivity contribution >= 4 is 35.1 Å². The van der Waals surface area contributed by atoms with Crippen LogP contribution in [-0.4, -0.2) is 16.8 Å². The summed E-state index contributed by atoms with van der Waals surface area (Å²) in [5.74, 6) is -0.0398. The number of nitrogens with one attached hydrogen (secondary N) is 1. The third-order valence-electron chi connectivity index (χ3n) is 3.67. The molecule has 5 nitrogen and oxygen atoms in total. The van der Waals surface area contributed by atoms with E-state index in [0.717, 1.165) is 4.90 Å². The Kier molecular flexibility index (Phi) is 3.62. The van der Waals surface area contributed by atoms with Gasteiger partial charge in [-0.05, 0) is 31.2 Å². The predicted molar refractivity (Wildman–Crippen MR) is 81.6 cm³/mol. The number of imide groups is 1. The molecule has 1 saturated heterocycles. The average molecular weight is 339 g/mol. The number of rotatable bonds is 3. The van der Waals surface area contributed by atoms with Crippen molar-refractivity contribution < 1.29 is 14.0 Å². The molecular weight excluding hydrogens is 327 g/mol. The number of nitrogens with zero attached hydrogens (tertiary/aromatic N) is 1. The summed E-state index contributed by atoms with van der Waals surface area (Å²) in [5.41, 5.74) is -0.702. The second-order valence-electron chi connectivity index (χ2n) is 5.12. The van der Waals surface area contributed by atoms with E-state index in [4.69, 9.17) is 27.6 Å². The standard InChI is InChI=1S/C15H12Cl2N2O3/c1-15(12-6-3-7-22-12)13(20)19(14(21)18-15)8-9-10(16)4-2-5-11(9)17/h2-7H,8H2,1H3,(H,18,21)/t15-/m0/s1. The fraction of sp³-hybridized carbons (Fsp3) is 0.200. The second-order valence-corrected chi connectivity index (χ2v) is 5.94. The number of hydrogen-bond donors (Lipinski definition) is 1. The molecule has 1 aliphatic heterocycles. The van der Waals surface area contributed by atoms with Gasteiger partial charge in [0.15, 0.2) is 5.54 Å². The third kappa shape index (κ3) is 2.26. The first kappa shape index (κ1) is 14.9. The number of hydrogen-bond acceptors (Lipinski definition) is 3. The van der Waals surface area contributed by atoms with Crippen molar-refractivity contribution in [2.24, 2.45) is 0 Å². The molecule has 3 rings (SSSR count). The van der Waals surface area contributed by atoms with E-state index in [1.807, 2.05) is 0 Å². The first-order valence-corrected chi connectivity index (χ1v) is 7.30. The largest absolute Gasteiger partial charge is 0.466 e. The van der Waals surface area contributed by atoms with Gasteiger partial charge in [-0.15, -0.1) is 0 Å². The minimum atomic E-state index is -1.23. The monoisotopic (exact) mass is 338 g/mol. The normalized spacial score (nSPS) is 21.3. The molecular formula is C15H12Cl2N2O3. The molecule has 114 valence electrons. The summed E-state index contributed by atoms with van der Waals surface area (Å²) in [6, 6.07) is 7.81. The van der Waals surface area contributed by atoms with Crippen LogP contribution < -0.4 is 5.32 Å². The van der Waals surface area contributed by atoms with E-state index in [0.29, 0.717) is 21.4 Å². The molecule has 0 saturated carbocycles. The molecule has 1 aromatic heterocycles. The van der Waals surface area contributed by atoms with E-state index in [1.54, 1.807) is 37.3 Å². The maximum atomic E-state index is 12.7. The zero-order valence-electron chi connectivity index (χ0n) is 11.6. The zero-order chi connectivity index (χ0) is 15.9. The fourth-order valence-corrected chi connectivity index (χ4v) is 2.93. The SMILES string of the molecule is C[C@@]1(c2ccco2)NC(=O)N(Cc2c(Cl)cccc2Cl)C1=O. The predicted octanol–water partition coefficient (Wildman–Crippen LogP) is 3.55. The molecule has 1 aliphatic rings. The average Bonchev–Trinajstić information content (AvgIpc) is 3.06. The van der Waals surface area contributed by atoms with Gasteiger partial charge in [-0.25, -0.2) is 4.79 Å². The molecule has 22 heavy (non-hydrogen) atoms. The molecule has 3 amide bonds. The molecule has 0 aliphatic carbocycles. The number of carbonyl (C=O) groups excluding carboxylic acids is 2. The molecule has 0 bridgehead atoms. The van der Waals surface area contributed by atoms with Crippen LogP contribution in [0.25, 0.3) is 0 Å². The highest BCUT2D eigenvalue weighted by molar-refractivity contribution is 6.36. The molecule has 0 spiro atoms. The van der Waals surface area contributed by atoms with Crippen molar-refractivity contribution in [1.29, 1.82) is 0 Å². The van der Waals surface area contributed by atoms with E-state index in [-0.39, 0.29) is 6.54 Å². The minimum absolute atomic E-state index is 0.000524. The lowest BCUT2D eigenvalue weighted by Gasteiger charge is -2.19. The van der Waals surface area contributed by atoms with E-state index in [9.17, 15) is 9.59 Å². The van der Waals surface area contributed by atoms with E-state index in [2.05, 4.69) is 5.32 Å². The van der Waals surface area contributed by atoms with Crippen LogP contribution in [0, 0.1) is 0 Å². The van der Waals surface area contributed by atoms with Gasteiger partial charge in [-0.2, -0.15) is 0 Å². The summed E-state index contributed by atoms with van der Waals surface area (Å²) < 4.78 is 5.27. The Hall–Kier alpha value is -1.98. The number of benzene rings is 1. The first-order valence-electron chi connectivity index (χ1n) is 6.54. The van der Waals surface area contributed by atoms with Crippen LogP contribution in [0.3, 0.4) is 0 Å². The van der Waals surface area contributed by atoms with Gasteiger partial charge in [0.25, 0.3) is 5.91 Å². The maximum absolute atomic E-state index is 12.7. The highest BCUT2D eigenvalue weighted by Crippen LogP contribution is 2.32. The van der Waals surface area contributed by atoms with Gasteiger partial charge < -0.3 is 9.73 Å². The molecule has 1 N–H and O–H groups in total. The van der Waals surface area contributed by atoms with Crippen molar-refractivity contribution in [3.63, 3.8) is 0 Å². The molecule has 2 heterocycles. The molecule has 1 aromatic carbocycles. The molecule has 1 atom stereocenters. The summed E-state index contributed by atoms with van der Waals surface area (Å²) in [5, 5.41) is 3.45. The van der Waals surface area contributed by atoms with Crippen molar-refractivity contribution in [2.45, 2.75) is 19.0 Å². The van der Waals surface area contributed by atoms with E-state index >= 15 is 0 Å². The Bertz CT molecular complexity index is 725. The summed E-state index contributed by atoms with van der Waals surface area (Å²) in [6.45, 7) is 1.60. The van der Waals surface area contributed by atoms with Crippen LogP contribution in [0.1, 0.15) is 18.2 Å². The van der Waals surface area contributed by atoms with Crippen LogP contribution >= 0.6 is 23.2 Å². The number of halogens is 2. The summed E-state index contributed by atoms with van der Waals surface area (Å²) in [6.07, 6.45) is 1.45. The van der Waals surface area contributed by atoms with Gasteiger partial charge in [0.05, 0.1) is 12.8 Å². The van der Waals surface area contributed by atoms with Gasteiger partial charge in [-0.3, -0.25) is 9.69 Å². The number of amides is 3. The van der Waals surface area contributed by atoms with Gasteiger partial charge in [0, 0.05) is 15.6 Å². The van der Waals surface area contributed by atoms with Crippen molar-refractivity contribution in [1.82, 2.24) is 10.2 Å². The Morgan fingerprint density at radius 1 is 1.18 bits per heavy atom. The summed E-state index contributed by atoms with van der Waals surface area (Å²) in [4.78, 5) is 25.9. The molecule has 0 radical (unpaired) electrons. The Morgan fingerprint density at radius 3 is 2.45 bits per heavy atom. The molecule has 0 unspecified atom stereocenters. The molecule has 7 heteroatoms. The second kappa shape index (κ2) is 5.34. The maximum Gasteiger partial charge on any atom is 0.325 e. The van der Waals surface area contributed by atoms with Crippen LogP contribution in [0.5, 0.6) is 0 Å². The number of urea groups is 1. The van der Waals surface area contributed by atoms with E-state index in [1.165, 1.54) is 6.26 Å². The minimum Gasteiger partial charge on any atom is -0.466 e. The van der Waals surface area contributed by atoms with Gasteiger partial charge in [-0.1, -0.05) is 29.3 Å². The number of carbonyl (C=O) groups is 2. The van der Waals surface area contributed by atoms with Crippen molar-refractivity contribution in [3.05, 3.63) is 58.0 Å². The highest BCUT2D eigenvalue weighted by Gasteiger charge is 2.51. The smallest absolute Gasteiger partial charge is 0.325 e. The van der Waals surface area contributed by atoms with Gasteiger partial charge in [0.2, 0.25) is 0 Å². The Morgan fingerprint density at radius 2 is 1.86 bits per heavy atom. The lowest BCUT2D eigenvalue weighted by atomic mass is 9.99. The third-order valence-corrected chi connectivity index (χ3v) is 4.38. The Balaban J connectivity index is 1.93. The topological polar surface area (TPSA) is 62.6 Å². The van der Waals surface area contributed by atoms with Crippen LogP contribution in [-0.2, 0) is 16.9 Å². The lowest BCUT2D eigenvalue weighted by molar-refractivity contribution is -0.132. The van der Waals surface area contributed by atoms with Crippen LogP contribution in [0.4, 0.5) is 4.79 Å². The molecule has 1 fully saturated rings. The van der Waals surface area contributed by atoms with Gasteiger partial charge in [0.1, 0.15) is 5.76 Å².